The summed E-state index contributed by atoms with van der Waals surface area (Å²) in [4.78, 5) is 23.7. The second kappa shape index (κ2) is 5.73. The molecule has 0 saturated carbocycles. The van der Waals surface area contributed by atoms with Crippen LogP contribution in [0.4, 0.5) is 11.4 Å². The molecule has 0 radical (unpaired) electrons. The summed E-state index contributed by atoms with van der Waals surface area (Å²) in [7, 11) is 0. The molecule has 3 rings (SSSR count). The van der Waals surface area contributed by atoms with Crippen LogP contribution in [0.25, 0.3) is 11.0 Å². The third kappa shape index (κ3) is 2.62. The van der Waals surface area contributed by atoms with Crippen molar-refractivity contribution in [3.8, 4) is 6.07 Å². The monoisotopic (exact) mass is 322 g/mol. The van der Waals surface area contributed by atoms with Crippen LogP contribution in [0.3, 0.4) is 0 Å². The average molecular weight is 322 g/mol. The van der Waals surface area contributed by atoms with Crippen molar-refractivity contribution in [1.29, 1.82) is 5.26 Å². The fraction of sp³-hybridized carbons (Fsp3) is 0. The number of nitriles is 1. The molecule has 0 fully saturated rings. The van der Waals surface area contributed by atoms with Crippen molar-refractivity contribution in [2.45, 2.75) is 0 Å². The summed E-state index contributed by atoms with van der Waals surface area (Å²) in [5, 5.41) is 24.7. The van der Waals surface area contributed by atoms with E-state index in [1.54, 1.807) is 12.1 Å². The number of fused-ring (bicyclic) bond motifs is 1. The highest BCUT2D eigenvalue weighted by atomic mass is 16.5. The summed E-state index contributed by atoms with van der Waals surface area (Å²) in [5.74, 6) is -1.91. The van der Waals surface area contributed by atoms with Crippen molar-refractivity contribution < 1.29 is 19.2 Å². The van der Waals surface area contributed by atoms with E-state index in [2.05, 4.69) is 10.5 Å². The van der Waals surface area contributed by atoms with Gasteiger partial charge in [0.15, 0.2) is 11.3 Å². The minimum atomic E-state index is -1.27. The molecule has 0 saturated heterocycles. The Bertz CT molecular complexity index is 1020. The maximum absolute atomic E-state index is 12.4. The van der Waals surface area contributed by atoms with E-state index in [0.29, 0.717) is 16.7 Å². The van der Waals surface area contributed by atoms with Crippen molar-refractivity contribution in [3.05, 3.63) is 53.2 Å². The molecule has 1 amide bonds. The lowest BCUT2D eigenvalue weighted by Crippen LogP contribution is -2.15. The lowest BCUT2D eigenvalue weighted by atomic mass is 10.1. The highest BCUT2D eigenvalue weighted by Crippen LogP contribution is 2.23. The molecule has 0 unspecified atom stereocenters. The lowest BCUT2D eigenvalue weighted by molar-refractivity contribution is 0.0698. The summed E-state index contributed by atoms with van der Waals surface area (Å²) >= 11 is 0. The van der Waals surface area contributed by atoms with E-state index in [1.807, 2.05) is 6.07 Å². The van der Waals surface area contributed by atoms with Gasteiger partial charge in [0.1, 0.15) is 0 Å². The van der Waals surface area contributed by atoms with Gasteiger partial charge >= 0.3 is 5.97 Å². The van der Waals surface area contributed by atoms with Gasteiger partial charge in [-0.25, -0.2) is 4.79 Å². The van der Waals surface area contributed by atoms with E-state index < -0.39 is 11.9 Å². The molecule has 8 heteroatoms. The average Bonchev–Trinajstić information content (AvgIpc) is 2.98. The number of benzene rings is 2. The summed E-state index contributed by atoms with van der Waals surface area (Å²) in [6.07, 6.45) is 0. The molecule has 1 heterocycles. The number of nitrogens with two attached hydrogens (primary N) is 1. The molecule has 0 aliphatic rings. The van der Waals surface area contributed by atoms with Gasteiger partial charge in [0.2, 0.25) is 0 Å². The molecule has 3 aromatic rings. The quantitative estimate of drug-likeness (QED) is 0.627. The van der Waals surface area contributed by atoms with Gasteiger partial charge < -0.3 is 20.7 Å². The number of nitrogen functional groups attached to an aromatic ring is 1. The Morgan fingerprint density at radius 2 is 2.04 bits per heavy atom. The third-order valence-electron chi connectivity index (χ3n) is 3.34. The van der Waals surface area contributed by atoms with Gasteiger partial charge in [-0.3, -0.25) is 4.79 Å². The molecule has 0 spiro atoms. The summed E-state index contributed by atoms with van der Waals surface area (Å²) in [6.45, 7) is 0. The fourth-order valence-electron chi connectivity index (χ4n) is 2.20. The summed E-state index contributed by atoms with van der Waals surface area (Å²) in [5.41, 5.74) is 6.51. The fourth-order valence-corrected chi connectivity index (χ4v) is 2.20. The number of anilines is 2. The number of carbonyl (C=O) groups excluding carboxylic acids is 1. The largest absolute Gasteiger partial charge is 0.478 e. The van der Waals surface area contributed by atoms with Gasteiger partial charge in [0.25, 0.3) is 5.91 Å². The number of aromatic carboxylic acids is 1. The van der Waals surface area contributed by atoms with E-state index in [4.69, 9.17) is 15.5 Å². The molecule has 118 valence electrons. The first-order valence-corrected chi connectivity index (χ1v) is 6.73. The second-order valence-electron chi connectivity index (χ2n) is 4.92. The number of aromatic nitrogens is 1. The van der Waals surface area contributed by atoms with E-state index in [0.717, 1.165) is 0 Å². The first-order valence-electron chi connectivity index (χ1n) is 6.73. The molecule has 8 nitrogen and oxygen atoms in total. The molecule has 2 aromatic carbocycles. The first-order chi connectivity index (χ1) is 11.5. The second-order valence-corrected chi connectivity index (χ2v) is 4.92. The highest BCUT2D eigenvalue weighted by Gasteiger charge is 2.19. The Hall–Kier alpha value is -3.86. The van der Waals surface area contributed by atoms with E-state index in [9.17, 15) is 14.7 Å². The predicted octanol–water partition coefficient (Wildman–Crippen LogP) is 2.23. The van der Waals surface area contributed by atoms with Gasteiger partial charge in [-0.15, -0.1) is 0 Å². The molecular weight excluding hydrogens is 312 g/mol. The molecule has 0 bridgehead atoms. The third-order valence-corrected chi connectivity index (χ3v) is 3.34. The van der Waals surface area contributed by atoms with Crippen molar-refractivity contribution >= 4 is 34.2 Å². The number of nitrogens with zero attached hydrogens (tertiary/aromatic N) is 2. The standard InChI is InChI=1S/C16H10N4O4/c17-7-8-1-3-12(10(5-8)16(22)23)19-15(21)14-11-6-9(18)2-4-13(11)24-20-14/h1-6H,18H2,(H,19,21)(H,22,23). The molecule has 0 aliphatic heterocycles. The summed E-state index contributed by atoms with van der Waals surface area (Å²) in [6, 6.07) is 10.5. The highest BCUT2D eigenvalue weighted by molar-refractivity contribution is 6.12. The van der Waals surface area contributed by atoms with Crippen LogP contribution in [0.1, 0.15) is 26.4 Å². The van der Waals surface area contributed by atoms with Crippen molar-refractivity contribution in [3.63, 3.8) is 0 Å². The topological polar surface area (TPSA) is 142 Å². The van der Waals surface area contributed by atoms with Crippen LogP contribution in [0.5, 0.6) is 0 Å². The van der Waals surface area contributed by atoms with Crippen molar-refractivity contribution in [2.24, 2.45) is 0 Å². The van der Waals surface area contributed by atoms with E-state index in [-0.39, 0.29) is 22.5 Å². The maximum atomic E-state index is 12.4. The zero-order valence-electron chi connectivity index (χ0n) is 12.1. The molecule has 24 heavy (non-hydrogen) atoms. The van der Waals surface area contributed by atoms with Crippen molar-refractivity contribution in [2.75, 3.05) is 11.1 Å². The normalized spacial score (nSPS) is 10.3. The Labute approximate surface area is 135 Å². The number of hydrogen-bond acceptors (Lipinski definition) is 6. The minimum absolute atomic E-state index is 0.0157. The van der Waals surface area contributed by atoms with E-state index in [1.165, 1.54) is 24.3 Å². The number of rotatable bonds is 3. The summed E-state index contributed by atoms with van der Waals surface area (Å²) < 4.78 is 5.05. The Morgan fingerprint density at radius 1 is 1.25 bits per heavy atom. The first kappa shape index (κ1) is 15.1. The number of carboxylic acid groups (broad SMARTS) is 1. The van der Waals surface area contributed by atoms with Crippen LogP contribution >= 0.6 is 0 Å². The van der Waals surface area contributed by atoms with Crippen LogP contribution in [0.2, 0.25) is 0 Å². The van der Waals surface area contributed by atoms with Crippen LogP contribution in [-0.2, 0) is 0 Å². The molecule has 4 N–H and O–H groups in total. The Morgan fingerprint density at radius 3 is 2.75 bits per heavy atom. The van der Waals surface area contributed by atoms with Crippen LogP contribution < -0.4 is 11.1 Å². The number of nitrogens with one attached hydrogen (secondary N) is 1. The number of hydrogen-bond donors (Lipinski definition) is 3. The van der Waals surface area contributed by atoms with E-state index >= 15 is 0 Å². The maximum Gasteiger partial charge on any atom is 0.337 e. The Kier molecular flexibility index (Phi) is 3.60. The SMILES string of the molecule is N#Cc1ccc(NC(=O)c2noc3ccc(N)cc23)c(C(=O)O)c1. The zero-order valence-corrected chi connectivity index (χ0v) is 12.1. The van der Waals surface area contributed by atoms with Gasteiger partial charge in [-0.05, 0) is 36.4 Å². The predicted molar refractivity (Wildman–Crippen MR) is 84.5 cm³/mol. The van der Waals surface area contributed by atoms with Crippen LogP contribution in [0.15, 0.2) is 40.9 Å². The van der Waals surface area contributed by atoms with Gasteiger partial charge in [-0.2, -0.15) is 5.26 Å². The molecule has 0 atom stereocenters. The lowest BCUT2D eigenvalue weighted by Gasteiger charge is -2.07. The zero-order chi connectivity index (χ0) is 17.3. The molecule has 0 aliphatic carbocycles. The van der Waals surface area contributed by atoms with Gasteiger partial charge in [0, 0.05) is 5.69 Å². The van der Waals surface area contributed by atoms with Crippen LogP contribution in [-0.4, -0.2) is 22.1 Å². The van der Waals surface area contributed by atoms with Gasteiger partial charge in [-0.1, -0.05) is 5.16 Å². The number of carboxylic acids is 1. The van der Waals surface area contributed by atoms with Crippen LogP contribution in [0, 0.1) is 11.3 Å². The number of carbonyl (C=O) groups is 2. The van der Waals surface area contributed by atoms with Gasteiger partial charge in [0.05, 0.1) is 28.3 Å². The Balaban J connectivity index is 1.99. The van der Waals surface area contributed by atoms with Crippen molar-refractivity contribution in [1.82, 2.24) is 5.16 Å². The number of amides is 1. The minimum Gasteiger partial charge on any atom is -0.478 e. The molecular formula is C16H10N4O4. The molecule has 1 aromatic heterocycles. The smallest absolute Gasteiger partial charge is 0.337 e.